The average molecular weight is 382 g/mol. The number of nitrogens with zero attached hydrogens (tertiary/aromatic N) is 3. The number of anilines is 2. The second-order valence-electron chi connectivity index (χ2n) is 6.98. The minimum Gasteiger partial charge on any atom is -0.478 e. The van der Waals surface area contributed by atoms with Gasteiger partial charge in [0.2, 0.25) is 0 Å². The molecular weight excluding hydrogens is 360 g/mol. The van der Waals surface area contributed by atoms with Crippen molar-refractivity contribution in [2.24, 2.45) is 5.92 Å². The first-order valence-electron chi connectivity index (χ1n) is 8.99. The van der Waals surface area contributed by atoms with Crippen molar-refractivity contribution in [3.8, 4) is 11.8 Å². The zero-order chi connectivity index (χ0) is 20.4. The van der Waals surface area contributed by atoms with E-state index in [4.69, 9.17) is 10.5 Å². The molecule has 1 saturated heterocycles. The Bertz CT molecular complexity index is 973. The number of aromatic carboxylic acids is 1. The molecule has 1 aliphatic rings. The van der Waals surface area contributed by atoms with Gasteiger partial charge in [-0.25, -0.2) is 9.59 Å². The molecule has 1 aliphatic heterocycles. The lowest BCUT2D eigenvalue weighted by molar-refractivity contribution is 0.0592. The van der Waals surface area contributed by atoms with Gasteiger partial charge in [-0.2, -0.15) is 5.26 Å². The van der Waals surface area contributed by atoms with E-state index in [1.54, 1.807) is 12.1 Å². The molecular formula is C20H22N4O4. The number of carbonyl (C=O) groups is 2. The number of esters is 1. The summed E-state index contributed by atoms with van der Waals surface area (Å²) in [5.74, 6) is -1.27. The van der Waals surface area contributed by atoms with Crippen LogP contribution in [0, 0.1) is 17.2 Å². The normalized spacial score (nSPS) is 16.5. The molecule has 0 radical (unpaired) electrons. The Hall–Kier alpha value is -3.47. The molecule has 0 aliphatic carbocycles. The van der Waals surface area contributed by atoms with Gasteiger partial charge in [-0.15, -0.1) is 0 Å². The van der Waals surface area contributed by atoms with Crippen LogP contribution in [-0.4, -0.2) is 41.8 Å². The van der Waals surface area contributed by atoms with Gasteiger partial charge in [-0.05, 0) is 37.0 Å². The Labute approximate surface area is 162 Å². The fraction of sp³-hybridized carbons (Fsp3) is 0.350. The SMILES string of the molecule is COC(=O)c1c(N)c(C#N)cn1-c1ccc(N2CCCC(C)C2)c(C(=O)O)c1. The van der Waals surface area contributed by atoms with Crippen LogP contribution in [0.15, 0.2) is 24.4 Å². The molecule has 2 aromatic rings. The molecule has 8 nitrogen and oxygen atoms in total. The maximum Gasteiger partial charge on any atom is 0.357 e. The molecule has 3 rings (SSSR count). The van der Waals surface area contributed by atoms with Crippen LogP contribution in [0.1, 0.15) is 46.2 Å². The van der Waals surface area contributed by atoms with E-state index in [1.807, 2.05) is 6.07 Å². The first kappa shape index (κ1) is 19.3. The summed E-state index contributed by atoms with van der Waals surface area (Å²) >= 11 is 0. The Morgan fingerprint density at radius 2 is 2.14 bits per heavy atom. The fourth-order valence-electron chi connectivity index (χ4n) is 3.65. The number of nitrogens with two attached hydrogens (primary N) is 1. The van der Waals surface area contributed by atoms with Gasteiger partial charge in [0.15, 0.2) is 5.69 Å². The van der Waals surface area contributed by atoms with Gasteiger partial charge in [0.25, 0.3) is 0 Å². The summed E-state index contributed by atoms with van der Waals surface area (Å²) in [6.07, 6.45) is 3.54. The van der Waals surface area contributed by atoms with E-state index in [9.17, 15) is 20.0 Å². The zero-order valence-electron chi connectivity index (χ0n) is 15.8. The molecule has 0 bridgehead atoms. The van der Waals surface area contributed by atoms with E-state index < -0.39 is 11.9 Å². The minimum atomic E-state index is -1.06. The smallest absolute Gasteiger partial charge is 0.357 e. The molecule has 1 unspecified atom stereocenters. The van der Waals surface area contributed by atoms with Crippen molar-refractivity contribution >= 4 is 23.3 Å². The molecule has 1 atom stereocenters. The van der Waals surface area contributed by atoms with Crippen molar-refractivity contribution in [3.63, 3.8) is 0 Å². The predicted octanol–water partition coefficient (Wildman–Crippen LogP) is 2.65. The van der Waals surface area contributed by atoms with Crippen LogP contribution >= 0.6 is 0 Å². The highest BCUT2D eigenvalue weighted by Crippen LogP contribution is 2.31. The van der Waals surface area contributed by atoms with E-state index in [0.717, 1.165) is 25.9 Å². The maximum absolute atomic E-state index is 12.2. The molecule has 0 spiro atoms. The molecule has 0 amide bonds. The zero-order valence-corrected chi connectivity index (χ0v) is 15.8. The fourth-order valence-corrected chi connectivity index (χ4v) is 3.65. The molecule has 0 saturated carbocycles. The monoisotopic (exact) mass is 382 g/mol. The van der Waals surface area contributed by atoms with E-state index in [2.05, 4.69) is 11.8 Å². The summed E-state index contributed by atoms with van der Waals surface area (Å²) in [4.78, 5) is 26.2. The van der Waals surface area contributed by atoms with Gasteiger partial charge in [0.05, 0.1) is 29.6 Å². The van der Waals surface area contributed by atoms with Crippen LogP contribution in [0.4, 0.5) is 11.4 Å². The predicted molar refractivity (Wildman–Crippen MR) is 104 cm³/mol. The van der Waals surface area contributed by atoms with Gasteiger partial charge in [-0.3, -0.25) is 0 Å². The Kier molecular flexibility index (Phi) is 5.27. The lowest BCUT2D eigenvalue weighted by atomic mass is 9.98. The quantitative estimate of drug-likeness (QED) is 0.780. The third-order valence-corrected chi connectivity index (χ3v) is 5.03. The number of rotatable bonds is 4. The number of hydrogen-bond donors (Lipinski definition) is 2. The molecule has 8 heteroatoms. The first-order chi connectivity index (χ1) is 13.4. The van der Waals surface area contributed by atoms with E-state index in [0.29, 0.717) is 17.3 Å². The van der Waals surface area contributed by atoms with Crippen molar-refractivity contribution < 1.29 is 19.4 Å². The third-order valence-electron chi connectivity index (χ3n) is 5.03. The maximum atomic E-state index is 12.2. The number of methoxy groups -OCH3 is 1. The molecule has 146 valence electrons. The van der Waals surface area contributed by atoms with Crippen molar-refractivity contribution in [2.75, 3.05) is 30.8 Å². The van der Waals surface area contributed by atoms with Crippen LogP contribution < -0.4 is 10.6 Å². The number of nitrogen functional groups attached to an aromatic ring is 1. The molecule has 1 aromatic carbocycles. The first-order valence-corrected chi connectivity index (χ1v) is 8.99. The summed E-state index contributed by atoms with van der Waals surface area (Å²) in [6.45, 7) is 3.74. The number of nitriles is 1. The summed E-state index contributed by atoms with van der Waals surface area (Å²) in [6, 6.07) is 6.87. The average Bonchev–Trinajstić information content (AvgIpc) is 3.03. The van der Waals surface area contributed by atoms with Gasteiger partial charge >= 0.3 is 11.9 Å². The van der Waals surface area contributed by atoms with Crippen molar-refractivity contribution in [1.82, 2.24) is 4.57 Å². The topological polar surface area (TPSA) is 122 Å². The highest BCUT2D eigenvalue weighted by atomic mass is 16.5. The number of ether oxygens (including phenoxy) is 1. The summed E-state index contributed by atoms with van der Waals surface area (Å²) in [7, 11) is 1.22. The molecule has 3 N–H and O–H groups in total. The lowest BCUT2D eigenvalue weighted by Crippen LogP contribution is -2.35. The van der Waals surface area contributed by atoms with Crippen LogP contribution in [0.3, 0.4) is 0 Å². The van der Waals surface area contributed by atoms with Crippen LogP contribution in [0.5, 0.6) is 0 Å². The Morgan fingerprint density at radius 1 is 1.39 bits per heavy atom. The van der Waals surface area contributed by atoms with E-state index >= 15 is 0 Å². The van der Waals surface area contributed by atoms with Crippen molar-refractivity contribution in [2.45, 2.75) is 19.8 Å². The molecule has 2 heterocycles. The molecule has 1 fully saturated rings. The summed E-state index contributed by atoms with van der Waals surface area (Å²) < 4.78 is 6.17. The minimum absolute atomic E-state index is 0.000145. The lowest BCUT2D eigenvalue weighted by Gasteiger charge is -2.33. The van der Waals surface area contributed by atoms with Gasteiger partial charge < -0.3 is 25.0 Å². The van der Waals surface area contributed by atoms with Crippen LogP contribution in [-0.2, 0) is 4.74 Å². The van der Waals surface area contributed by atoms with Crippen molar-refractivity contribution in [1.29, 1.82) is 5.26 Å². The number of carboxylic acid groups (broad SMARTS) is 1. The van der Waals surface area contributed by atoms with Crippen LogP contribution in [0.2, 0.25) is 0 Å². The number of carboxylic acids is 1. The largest absolute Gasteiger partial charge is 0.478 e. The van der Waals surface area contributed by atoms with Gasteiger partial charge in [-0.1, -0.05) is 6.92 Å². The Morgan fingerprint density at radius 3 is 2.75 bits per heavy atom. The van der Waals surface area contributed by atoms with Gasteiger partial charge in [0, 0.05) is 25.0 Å². The van der Waals surface area contributed by atoms with Gasteiger partial charge in [0.1, 0.15) is 6.07 Å². The second kappa shape index (κ2) is 7.64. The summed E-state index contributed by atoms with van der Waals surface area (Å²) in [5, 5.41) is 19.0. The number of piperidine rings is 1. The number of carbonyl (C=O) groups excluding carboxylic acids is 1. The molecule has 1 aromatic heterocycles. The number of benzene rings is 1. The highest BCUT2D eigenvalue weighted by Gasteiger charge is 2.25. The van der Waals surface area contributed by atoms with Crippen molar-refractivity contribution in [3.05, 3.63) is 41.2 Å². The van der Waals surface area contributed by atoms with E-state index in [-0.39, 0.29) is 22.5 Å². The highest BCUT2D eigenvalue weighted by molar-refractivity contribution is 5.97. The summed E-state index contributed by atoms with van der Waals surface area (Å²) in [5.41, 5.74) is 7.22. The molecule has 28 heavy (non-hydrogen) atoms. The number of aromatic nitrogens is 1. The van der Waals surface area contributed by atoms with Crippen LogP contribution in [0.25, 0.3) is 5.69 Å². The Balaban J connectivity index is 2.12. The van der Waals surface area contributed by atoms with E-state index in [1.165, 1.54) is 23.9 Å². The second-order valence-corrected chi connectivity index (χ2v) is 6.98. The third kappa shape index (κ3) is 3.39. The number of hydrogen-bond acceptors (Lipinski definition) is 6. The standard InChI is InChI=1S/C20H22N4O4/c1-12-4-3-7-23(10-12)16-6-5-14(8-15(16)19(25)26)24-11-13(9-21)17(22)18(24)20(27)28-2/h5-6,8,11-12H,3-4,7,10,22H2,1-2H3,(H,25,26).